The Balaban J connectivity index is 0.000000208. The number of benzene rings is 6. The molecule has 0 aliphatic carbocycles. The van der Waals surface area contributed by atoms with E-state index in [0.29, 0.717) is 11.8 Å². The fraction of sp³-hybridized carbons (Fsp3) is 0.308. The van der Waals surface area contributed by atoms with Crippen LogP contribution in [-0.2, 0) is 0 Å². The minimum atomic E-state index is 0.516. The van der Waals surface area contributed by atoms with Gasteiger partial charge in [-0.25, -0.2) is 0 Å². The van der Waals surface area contributed by atoms with Gasteiger partial charge < -0.3 is 9.80 Å². The average molecular weight is 715 g/mol. The van der Waals surface area contributed by atoms with Crippen molar-refractivity contribution < 1.29 is 0 Å². The molecule has 6 aromatic carbocycles. The summed E-state index contributed by atoms with van der Waals surface area (Å²) in [4.78, 5) is 4.83. The number of hydrogen-bond acceptors (Lipinski definition) is 2. The third-order valence-corrected chi connectivity index (χ3v) is 11.6. The molecule has 2 heteroatoms. The Morgan fingerprint density at radius 2 is 0.611 bits per heavy atom. The minimum Gasteiger partial charge on any atom is -0.310 e. The zero-order valence-electron chi connectivity index (χ0n) is 35.0. The fourth-order valence-electron chi connectivity index (χ4n) is 6.97. The molecule has 0 heterocycles. The van der Waals surface area contributed by atoms with Crippen molar-refractivity contribution in [3.8, 4) is 0 Å². The van der Waals surface area contributed by atoms with Gasteiger partial charge in [-0.1, -0.05) is 88.4 Å². The summed E-state index contributed by atoms with van der Waals surface area (Å²) in [6, 6.07) is 44.8. The predicted octanol–water partition coefficient (Wildman–Crippen LogP) is 15.8. The maximum absolute atomic E-state index is 2.42. The smallest absolute Gasteiger partial charge is 0.0496 e. The Morgan fingerprint density at radius 3 is 0.852 bits per heavy atom. The molecule has 0 N–H and O–H groups in total. The van der Waals surface area contributed by atoms with Gasteiger partial charge in [0.2, 0.25) is 0 Å². The molecule has 0 saturated heterocycles. The monoisotopic (exact) mass is 714 g/mol. The highest BCUT2D eigenvalue weighted by molar-refractivity contribution is 5.81. The SMILES string of the molecule is CCC(C)c1ccccc1N(c1ccc(C)c(C)c1)c1ccc(C)c(C)c1.CCC(C)c1ccccc1N(c1ccc(C)c(C)c1)c1ccc(C)c(C)c1. The molecular weight excluding hydrogens is 653 g/mol. The Hall–Kier alpha value is -5.08. The highest BCUT2D eigenvalue weighted by Gasteiger charge is 2.20. The first-order chi connectivity index (χ1) is 25.8. The van der Waals surface area contributed by atoms with E-state index in [1.165, 1.54) is 89.8 Å². The molecule has 0 amide bonds. The van der Waals surface area contributed by atoms with E-state index in [0.717, 1.165) is 12.8 Å². The second-order valence-corrected chi connectivity index (χ2v) is 15.5. The first kappa shape index (κ1) is 40.1. The van der Waals surface area contributed by atoms with Crippen LogP contribution in [0.2, 0.25) is 0 Å². The van der Waals surface area contributed by atoms with Gasteiger partial charge in [-0.05, 0) is 196 Å². The lowest BCUT2D eigenvalue weighted by Gasteiger charge is -2.30. The van der Waals surface area contributed by atoms with Crippen LogP contribution in [0.1, 0.15) is 108 Å². The second kappa shape index (κ2) is 17.8. The number of nitrogens with zero attached hydrogens (tertiary/aromatic N) is 2. The van der Waals surface area contributed by atoms with Crippen LogP contribution in [0.4, 0.5) is 34.1 Å². The summed E-state index contributed by atoms with van der Waals surface area (Å²) in [5.41, 5.74) is 20.8. The Morgan fingerprint density at radius 1 is 0.352 bits per heavy atom. The van der Waals surface area contributed by atoms with Gasteiger partial charge in [-0.2, -0.15) is 0 Å². The van der Waals surface area contributed by atoms with E-state index >= 15 is 0 Å². The molecule has 2 atom stereocenters. The van der Waals surface area contributed by atoms with E-state index in [9.17, 15) is 0 Å². The Bertz CT molecular complexity index is 1930. The molecule has 6 rings (SSSR count). The van der Waals surface area contributed by atoms with Crippen LogP contribution in [0.15, 0.2) is 121 Å². The van der Waals surface area contributed by atoms with Crippen molar-refractivity contribution in [2.24, 2.45) is 0 Å². The molecule has 0 bridgehead atoms. The zero-order chi connectivity index (χ0) is 39.1. The molecule has 0 fully saturated rings. The van der Waals surface area contributed by atoms with Crippen LogP contribution in [0.3, 0.4) is 0 Å². The fourth-order valence-corrected chi connectivity index (χ4v) is 6.97. The normalized spacial score (nSPS) is 12.1. The third-order valence-electron chi connectivity index (χ3n) is 11.6. The summed E-state index contributed by atoms with van der Waals surface area (Å²) < 4.78 is 0. The van der Waals surface area contributed by atoms with Crippen LogP contribution >= 0.6 is 0 Å². The van der Waals surface area contributed by atoms with E-state index in [1.54, 1.807) is 0 Å². The molecule has 54 heavy (non-hydrogen) atoms. The van der Waals surface area contributed by atoms with Crippen LogP contribution in [0.5, 0.6) is 0 Å². The first-order valence-electron chi connectivity index (χ1n) is 19.9. The Labute approximate surface area is 327 Å². The largest absolute Gasteiger partial charge is 0.310 e. The molecule has 2 unspecified atom stereocenters. The molecule has 280 valence electrons. The molecular formula is C52H62N2. The van der Waals surface area contributed by atoms with Gasteiger partial charge in [0.15, 0.2) is 0 Å². The van der Waals surface area contributed by atoms with Gasteiger partial charge in [-0.15, -0.1) is 0 Å². The van der Waals surface area contributed by atoms with Crippen molar-refractivity contribution in [3.63, 3.8) is 0 Å². The van der Waals surface area contributed by atoms with E-state index < -0.39 is 0 Å². The molecule has 2 nitrogen and oxygen atoms in total. The van der Waals surface area contributed by atoms with E-state index in [4.69, 9.17) is 0 Å². The van der Waals surface area contributed by atoms with Crippen LogP contribution in [-0.4, -0.2) is 0 Å². The van der Waals surface area contributed by atoms with E-state index in [2.05, 4.69) is 214 Å². The average Bonchev–Trinajstić information content (AvgIpc) is 3.17. The number of rotatable bonds is 10. The standard InChI is InChI=1S/2C26H31N/c2*1-7-18(2)25-10-8-9-11-26(25)27(23-14-12-19(3)21(5)16-23)24-15-13-20(4)22(6)17-24/h2*8-18H,7H2,1-6H3. The van der Waals surface area contributed by atoms with Gasteiger partial charge >= 0.3 is 0 Å². The molecule has 0 radical (unpaired) electrons. The predicted molar refractivity (Wildman–Crippen MR) is 238 cm³/mol. The molecule has 0 spiro atoms. The van der Waals surface area contributed by atoms with E-state index in [1.807, 2.05) is 0 Å². The Kier molecular flexibility index (Phi) is 13.2. The van der Waals surface area contributed by atoms with Crippen LogP contribution in [0, 0.1) is 55.4 Å². The van der Waals surface area contributed by atoms with Gasteiger partial charge in [0.05, 0.1) is 0 Å². The van der Waals surface area contributed by atoms with Gasteiger partial charge in [0, 0.05) is 34.1 Å². The number of hydrogen-bond donors (Lipinski definition) is 0. The number of para-hydroxylation sites is 2. The van der Waals surface area contributed by atoms with Crippen molar-refractivity contribution >= 4 is 34.1 Å². The van der Waals surface area contributed by atoms with Gasteiger partial charge in [0.1, 0.15) is 0 Å². The van der Waals surface area contributed by atoms with Gasteiger partial charge in [-0.3, -0.25) is 0 Å². The van der Waals surface area contributed by atoms with E-state index in [-0.39, 0.29) is 0 Å². The zero-order valence-corrected chi connectivity index (χ0v) is 35.0. The summed E-state index contributed by atoms with van der Waals surface area (Å²) in [6.07, 6.45) is 2.26. The van der Waals surface area contributed by atoms with Crippen LogP contribution < -0.4 is 9.80 Å². The molecule has 0 aliphatic rings. The summed E-state index contributed by atoms with van der Waals surface area (Å²) >= 11 is 0. The van der Waals surface area contributed by atoms with Gasteiger partial charge in [0.25, 0.3) is 0 Å². The second-order valence-electron chi connectivity index (χ2n) is 15.5. The lowest BCUT2D eigenvalue weighted by molar-refractivity contribution is 0.733. The molecule has 0 aromatic heterocycles. The van der Waals surface area contributed by atoms with Crippen molar-refractivity contribution in [1.82, 2.24) is 0 Å². The van der Waals surface area contributed by atoms with Crippen LogP contribution in [0.25, 0.3) is 0 Å². The van der Waals surface area contributed by atoms with Crippen molar-refractivity contribution in [2.75, 3.05) is 9.80 Å². The quantitative estimate of drug-likeness (QED) is 0.139. The van der Waals surface area contributed by atoms with Crippen molar-refractivity contribution in [2.45, 2.75) is 108 Å². The number of anilines is 6. The van der Waals surface area contributed by atoms with Crippen molar-refractivity contribution in [3.05, 3.63) is 177 Å². The van der Waals surface area contributed by atoms with Crippen molar-refractivity contribution in [1.29, 1.82) is 0 Å². The summed E-state index contributed by atoms with van der Waals surface area (Å²) in [5.74, 6) is 1.03. The summed E-state index contributed by atoms with van der Waals surface area (Å²) in [7, 11) is 0. The maximum atomic E-state index is 2.42. The first-order valence-corrected chi connectivity index (χ1v) is 19.9. The maximum Gasteiger partial charge on any atom is 0.0496 e. The summed E-state index contributed by atoms with van der Waals surface area (Å²) in [6.45, 7) is 26.6. The number of aryl methyl sites for hydroxylation is 8. The molecule has 0 aliphatic heterocycles. The lowest BCUT2D eigenvalue weighted by Crippen LogP contribution is -2.13. The summed E-state index contributed by atoms with van der Waals surface area (Å²) in [5, 5.41) is 0. The third kappa shape index (κ3) is 8.99. The highest BCUT2D eigenvalue weighted by Crippen LogP contribution is 2.42. The molecule has 6 aromatic rings. The molecule has 0 saturated carbocycles. The minimum absolute atomic E-state index is 0.516. The lowest BCUT2D eigenvalue weighted by atomic mass is 9.95. The topological polar surface area (TPSA) is 6.48 Å². The highest BCUT2D eigenvalue weighted by atomic mass is 15.2.